The van der Waals surface area contributed by atoms with Gasteiger partial charge in [-0.15, -0.1) is 0 Å². The summed E-state index contributed by atoms with van der Waals surface area (Å²) in [7, 11) is 1.76. The minimum atomic E-state index is -0.243. The molecule has 138 valence electrons. The number of aromatic nitrogens is 1. The summed E-state index contributed by atoms with van der Waals surface area (Å²) in [4.78, 5) is 30.9. The Balaban J connectivity index is 2.19. The van der Waals surface area contributed by atoms with Gasteiger partial charge in [0, 0.05) is 31.0 Å². The second kappa shape index (κ2) is 8.61. The highest BCUT2D eigenvalue weighted by molar-refractivity contribution is 6.06. The molecule has 0 aliphatic carbocycles. The smallest absolute Gasteiger partial charge is 0.272 e. The maximum atomic E-state index is 12.7. The lowest BCUT2D eigenvalue weighted by Crippen LogP contribution is -2.28. The molecule has 0 aliphatic heterocycles. The van der Waals surface area contributed by atoms with E-state index in [1.165, 1.54) is 6.20 Å². The zero-order valence-electron chi connectivity index (χ0n) is 16.2. The number of unbranched alkanes of at least 4 members (excludes halogenated alkanes) is 1. The van der Waals surface area contributed by atoms with Crippen molar-refractivity contribution in [1.29, 1.82) is 0 Å². The van der Waals surface area contributed by atoms with Gasteiger partial charge in [0.1, 0.15) is 5.69 Å². The van der Waals surface area contributed by atoms with Gasteiger partial charge in [-0.3, -0.25) is 14.6 Å². The van der Waals surface area contributed by atoms with Gasteiger partial charge in [0.25, 0.3) is 11.8 Å². The molecule has 26 heavy (non-hydrogen) atoms. The Hall–Kier alpha value is -2.69. The van der Waals surface area contributed by atoms with E-state index in [1.54, 1.807) is 24.1 Å². The molecule has 0 fully saturated rings. The van der Waals surface area contributed by atoms with Crippen LogP contribution in [0.2, 0.25) is 0 Å². The number of hydrogen-bond donors (Lipinski definition) is 1. The zero-order valence-corrected chi connectivity index (χ0v) is 16.2. The van der Waals surface area contributed by atoms with Crippen LogP contribution in [0.3, 0.4) is 0 Å². The summed E-state index contributed by atoms with van der Waals surface area (Å²) in [6.45, 7) is 8.73. The van der Waals surface area contributed by atoms with Crippen LogP contribution in [0.1, 0.15) is 57.3 Å². The van der Waals surface area contributed by atoms with Gasteiger partial charge in [-0.2, -0.15) is 0 Å². The third kappa shape index (κ3) is 4.69. The maximum Gasteiger partial charge on any atom is 0.272 e. The molecule has 1 aromatic carbocycles. The molecule has 2 aromatic rings. The molecule has 2 rings (SSSR count). The van der Waals surface area contributed by atoms with Crippen molar-refractivity contribution in [2.75, 3.05) is 18.9 Å². The molecule has 0 unspecified atom stereocenters. The fourth-order valence-corrected chi connectivity index (χ4v) is 2.94. The van der Waals surface area contributed by atoms with Crippen LogP contribution in [0.15, 0.2) is 30.5 Å². The van der Waals surface area contributed by atoms with Crippen molar-refractivity contribution >= 4 is 17.5 Å². The van der Waals surface area contributed by atoms with Crippen LogP contribution in [0.4, 0.5) is 5.69 Å². The quantitative estimate of drug-likeness (QED) is 0.849. The van der Waals surface area contributed by atoms with Crippen molar-refractivity contribution < 1.29 is 9.59 Å². The Morgan fingerprint density at radius 2 is 1.77 bits per heavy atom. The van der Waals surface area contributed by atoms with Crippen LogP contribution in [0.5, 0.6) is 0 Å². The van der Waals surface area contributed by atoms with Gasteiger partial charge in [0.15, 0.2) is 0 Å². The molecular weight excluding hydrogens is 326 g/mol. The van der Waals surface area contributed by atoms with E-state index >= 15 is 0 Å². The zero-order chi connectivity index (χ0) is 19.3. The molecule has 2 amide bonds. The van der Waals surface area contributed by atoms with Crippen molar-refractivity contribution in [2.45, 2.75) is 40.5 Å². The molecule has 5 heteroatoms. The molecular formula is C21H27N3O2. The van der Waals surface area contributed by atoms with Crippen molar-refractivity contribution in [1.82, 2.24) is 9.88 Å². The lowest BCUT2D eigenvalue weighted by Gasteiger charge is -2.16. The largest absolute Gasteiger partial charge is 0.340 e. The molecule has 0 spiro atoms. The topological polar surface area (TPSA) is 62.3 Å². The Kier molecular flexibility index (Phi) is 6.50. The van der Waals surface area contributed by atoms with Crippen LogP contribution in [0, 0.1) is 20.8 Å². The number of anilines is 1. The Labute approximate surface area is 155 Å². The third-order valence-electron chi connectivity index (χ3n) is 4.35. The van der Waals surface area contributed by atoms with Gasteiger partial charge in [-0.25, -0.2) is 0 Å². The predicted molar refractivity (Wildman–Crippen MR) is 105 cm³/mol. The van der Waals surface area contributed by atoms with Gasteiger partial charge < -0.3 is 10.2 Å². The van der Waals surface area contributed by atoms with Gasteiger partial charge in [-0.05, 0) is 50.5 Å². The van der Waals surface area contributed by atoms with Crippen molar-refractivity contribution in [3.63, 3.8) is 0 Å². The minimum Gasteiger partial charge on any atom is -0.340 e. The normalized spacial score (nSPS) is 10.5. The number of carbonyl (C=O) groups is 2. The lowest BCUT2D eigenvalue weighted by atomic mass is 10.0. The molecule has 1 N–H and O–H groups in total. The van der Waals surface area contributed by atoms with E-state index in [2.05, 4.69) is 17.2 Å². The van der Waals surface area contributed by atoms with E-state index in [-0.39, 0.29) is 17.5 Å². The molecule has 0 aliphatic rings. The second-order valence-corrected chi connectivity index (χ2v) is 6.74. The summed E-state index contributed by atoms with van der Waals surface area (Å²) >= 11 is 0. The van der Waals surface area contributed by atoms with Gasteiger partial charge in [0.05, 0.1) is 0 Å². The Bertz CT molecular complexity index is 792. The summed E-state index contributed by atoms with van der Waals surface area (Å²) < 4.78 is 0. The molecule has 1 aromatic heterocycles. The summed E-state index contributed by atoms with van der Waals surface area (Å²) in [5.41, 5.74) is 4.71. The van der Waals surface area contributed by atoms with E-state index in [0.29, 0.717) is 12.1 Å². The number of hydrogen-bond acceptors (Lipinski definition) is 3. The van der Waals surface area contributed by atoms with E-state index in [9.17, 15) is 9.59 Å². The van der Waals surface area contributed by atoms with Crippen LogP contribution in [0.25, 0.3) is 0 Å². The summed E-state index contributed by atoms with van der Waals surface area (Å²) in [6.07, 6.45) is 3.46. The number of nitrogens with one attached hydrogen (secondary N) is 1. The summed E-state index contributed by atoms with van der Waals surface area (Å²) in [5.74, 6) is -0.413. The first-order chi connectivity index (χ1) is 12.3. The lowest BCUT2D eigenvalue weighted by molar-refractivity contribution is 0.0787. The third-order valence-corrected chi connectivity index (χ3v) is 4.35. The van der Waals surface area contributed by atoms with E-state index in [1.807, 2.05) is 32.9 Å². The Morgan fingerprint density at radius 1 is 1.12 bits per heavy atom. The van der Waals surface area contributed by atoms with Crippen molar-refractivity contribution in [3.8, 4) is 0 Å². The first-order valence-electron chi connectivity index (χ1n) is 8.94. The molecule has 0 saturated carbocycles. The predicted octanol–water partition coefficient (Wildman–Crippen LogP) is 4.13. The summed E-state index contributed by atoms with van der Waals surface area (Å²) in [6, 6.07) is 7.25. The number of pyridine rings is 1. The van der Waals surface area contributed by atoms with E-state index in [4.69, 9.17) is 0 Å². The number of benzene rings is 1. The minimum absolute atomic E-state index is 0.171. The molecule has 5 nitrogen and oxygen atoms in total. The highest BCUT2D eigenvalue weighted by Gasteiger charge is 2.16. The number of nitrogens with zero attached hydrogens (tertiary/aromatic N) is 2. The average molecular weight is 353 g/mol. The number of rotatable bonds is 6. The van der Waals surface area contributed by atoms with Gasteiger partial charge >= 0.3 is 0 Å². The Morgan fingerprint density at radius 3 is 2.38 bits per heavy atom. The van der Waals surface area contributed by atoms with E-state index in [0.717, 1.165) is 35.2 Å². The standard InChI is InChI=1S/C21H27N3O2/c1-6-7-10-24(5)21(26)18-13-17(8-9-22-18)20(25)23-19-15(3)11-14(2)12-16(19)4/h8-9,11-13H,6-7,10H2,1-5H3,(H,23,25). The fourth-order valence-electron chi connectivity index (χ4n) is 2.94. The second-order valence-electron chi connectivity index (χ2n) is 6.74. The summed E-state index contributed by atoms with van der Waals surface area (Å²) in [5, 5.41) is 2.96. The molecule has 0 bridgehead atoms. The van der Waals surface area contributed by atoms with Crippen molar-refractivity contribution in [2.24, 2.45) is 0 Å². The van der Waals surface area contributed by atoms with Gasteiger partial charge in [-0.1, -0.05) is 31.0 Å². The first kappa shape index (κ1) is 19.6. The fraction of sp³-hybridized carbons (Fsp3) is 0.381. The maximum absolute atomic E-state index is 12.7. The highest BCUT2D eigenvalue weighted by Crippen LogP contribution is 2.22. The highest BCUT2D eigenvalue weighted by atomic mass is 16.2. The molecule has 0 saturated heterocycles. The van der Waals surface area contributed by atoms with Crippen LogP contribution >= 0.6 is 0 Å². The number of amides is 2. The van der Waals surface area contributed by atoms with E-state index < -0.39 is 0 Å². The first-order valence-corrected chi connectivity index (χ1v) is 8.94. The van der Waals surface area contributed by atoms with Crippen LogP contribution < -0.4 is 5.32 Å². The monoisotopic (exact) mass is 353 g/mol. The SMILES string of the molecule is CCCCN(C)C(=O)c1cc(C(=O)Nc2c(C)cc(C)cc2C)ccn1. The number of carbonyl (C=O) groups excluding carboxylic acids is 2. The number of aryl methyl sites for hydroxylation is 3. The van der Waals surface area contributed by atoms with Crippen LogP contribution in [-0.4, -0.2) is 35.3 Å². The molecule has 0 radical (unpaired) electrons. The molecule has 1 heterocycles. The molecule has 0 atom stereocenters. The van der Waals surface area contributed by atoms with Crippen LogP contribution in [-0.2, 0) is 0 Å². The average Bonchev–Trinajstić information content (AvgIpc) is 2.61. The van der Waals surface area contributed by atoms with Gasteiger partial charge in [0.2, 0.25) is 0 Å². The van der Waals surface area contributed by atoms with Crippen molar-refractivity contribution in [3.05, 3.63) is 58.4 Å².